The van der Waals surface area contributed by atoms with E-state index in [4.69, 9.17) is 4.74 Å². The maximum Gasteiger partial charge on any atom is 0.254 e. The molecule has 0 spiro atoms. The minimum Gasteiger partial charge on any atom is -0.487 e. The molecule has 1 aliphatic rings. The zero-order valence-electron chi connectivity index (χ0n) is 14.8. The number of nitrogens with zero attached hydrogens (tertiary/aromatic N) is 2. The van der Waals surface area contributed by atoms with Crippen LogP contribution in [0.5, 0.6) is 5.75 Å². The first-order valence-corrected chi connectivity index (χ1v) is 8.18. The number of anilines is 1. The molecule has 0 saturated heterocycles. The molecule has 0 fully saturated rings. The van der Waals surface area contributed by atoms with Crippen LogP contribution >= 0.6 is 0 Å². The van der Waals surface area contributed by atoms with Crippen LogP contribution in [0.3, 0.4) is 0 Å². The van der Waals surface area contributed by atoms with Crippen molar-refractivity contribution in [2.75, 3.05) is 19.4 Å². The van der Waals surface area contributed by atoms with Gasteiger partial charge in [-0.15, -0.1) is 0 Å². The predicted octanol–water partition coefficient (Wildman–Crippen LogP) is 3.64. The maximum atomic E-state index is 13.5. The summed E-state index contributed by atoms with van der Waals surface area (Å²) in [5.74, 6) is 0.799. The van der Waals surface area contributed by atoms with Gasteiger partial charge in [0.15, 0.2) is 0 Å². The lowest BCUT2D eigenvalue weighted by Crippen LogP contribution is -2.37. The average Bonchev–Trinajstić information content (AvgIpc) is 2.53. The molecular weight excluding hydrogens is 321 g/mol. The van der Waals surface area contributed by atoms with Gasteiger partial charge in [0.2, 0.25) is 0 Å². The molecule has 1 aromatic carbocycles. The molecule has 5 nitrogen and oxygen atoms in total. The van der Waals surface area contributed by atoms with E-state index in [1.54, 1.807) is 38.5 Å². The molecular formula is C19H22FN3O2. The van der Waals surface area contributed by atoms with Gasteiger partial charge in [-0.2, -0.15) is 0 Å². The highest BCUT2D eigenvalue weighted by atomic mass is 19.1. The van der Waals surface area contributed by atoms with Gasteiger partial charge in [0.25, 0.3) is 5.91 Å². The van der Waals surface area contributed by atoms with Crippen molar-refractivity contribution in [3.05, 3.63) is 53.5 Å². The predicted molar refractivity (Wildman–Crippen MR) is 94.3 cm³/mol. The van der Waals surface area contributed by atoms with E-state index in [1.807, 2.05) is 13.8 Å². The normalized spacial score (nSPS) is 18.0. The second-order valence-electron chi connectivity index (χ2n) is 7.08. The summed E-state index contributed by atoms with van der Waals surface area (Å²) in [5, 5.41) is 3.37. The molecule has 0 radical (unpaired) electrons. The summed E-state index contributed by atoms with van der Waals surface area (Å²) in [6.45, 7) is 3.95. The highest BCUT2D eigenvalue weighted by Crippen LogP contribution is 2.41. The molecule has 0 bridgehead atoms. The second-order valence-corrected chi connectivity index (χ2v) is 7.08. The van der Waals surface area contributed by atoms with Crippen LogP contribution in [0.25, 0.3) is 0 Å². The topological polar surface area (TPSA) is 54.5 Å². The van der Waals surface area contributed by atoms with Crippen molar-refractivity contribution in [1.82, 2.24) is 9.88 Å². The second kappa shape index (κ2) is 6.35. The van der Waals surface area contributed by atoms with E-state index in [0.717, 1.165) is 5.56 Å². The molecule has 0 saturated carbocycles. The number of amides is 1. The smallest absolute Gasteiger partial charge is 0.254 e. The van der Waals surface area contributed by atoms with Crippen LogP contribution in [0.1, 0.15) is 42.2 Å². The lowest BCUT2D eigenvalue weighted by atomic mass is 9.89. The van der Waals surface area contributed by atoms with Crippen LogP contribution in [-0.2, 0) is 0 Å². The fourth-order valence-corrected chi connectivity index (χ4v) is 3.00. The Morgan fingerprint density at radius 3 is 2.72 bits per heavy atom. The summed E-state index contributed by atoms with van der Waals surface area (Å²) in [7, 11) is 3.41. The zero-order valence-corrected chi connectivity index (χ0v) is 14.8. The van der Waals surface area contributed by atoms with Gasteiger partial charge in [-0.1, -0.05) is 6.07 Å². The SMILES string of the molecule is CN(C)C(=O)c1ccc(NC2CC(C)(C)Oc3cc(F)ccc32)nc1. The van der Waals surface area contributed by atoms with Crippen molar-refractivity contribution < 1.29 is 13.9 Å². The van der Waals surface area contributed by atoms with Crippen molar-refractivity contribution in [3.63, 3.8) is 0 Å². The molecule has 1 amide bonds. The Morgan fingerprint density at radius 2 is 2.08 bits per heavy atom. The molecule has 1 atom stereocenters. The Hall–Kier alpha value is -2.63. The summed E-state index contributed by atoms with van der Waals surface area (Å²) >= 11 is 0. The summed E-state index contributed by atoms with van der Waals surface area (Å²) in [6.07, 6.45) is 2.27. The lowest BCUT2D eigenvalue weighted by Gasteiger charge is -2.38. The van der Waals surface area contributed by atoms with Crippen LogP contribution in [0.2, 0.25) is 0 Å². The van der Waals surface area contributed by atoms with Crippen molar-refractivity contribution in [1.29, 1.82) is 0 Å². The van der Waals surface area contributed by atoms with E-state index >= 15 is 0 Å². The van der Waals surface area contributed by atoms with E-state index in [0.29, 0.717) is 23.6 Å². The van der Waals surface area contributed by atoms with Gasteiger partial charge >= 0.3 is 0 Å². The Balaban J connectivity index is 1.84. The fraction of sp³-hybridized carbons (Fsp3) is 0.368. The minimum atomic E-state index is -0.417. The number of fused-ring (bicyclic) bond motifs is 1. The van der Waals surface area contributed by atoms with Crippen LogP contribution in [0, 0.1) is 5.82 Å². The van der Waals surface area contributed by atoms with Gasteiger partial charge in [-0.05, 0) is 32.0 Å². The van der Waals surface area contributed by atoms with Crippen LogP contribution in [0.4, 0.5) is 10.2 Å². The third kappa shape index (κ3) is 3.73. The Bertz CT molecular complexity index is 788. The van der Waals surface area contributed by atoms with Crippen molar-refractivity contribution in [2.24, 2.45) is 0 Å². The van der Waals surface area contributed by atoms with Crippen molar-refractivity contribution >= 4 is 11.7 Å². The molecule has 6 heteroatoms. The Kier molecular flexibility index (Phi) is 4.37. The van der Waals surface area contributed by atoms with Crippen molar-refractivity contribution in [2.45, 2.75) is 31.9 Å². The Labute approximate surface area is 146 Å². The van der Waals surface area contributed by atoms with Crippen LogP contribution in [-0.4, -0.2) is 35.5 Å². The summed E-state index contributed by atoms with van der Waals surface area (Å²) < 4.78 is 19.4. The van der Waals surface area contributed by atoms with Crippen LogP contribution in [0.15, 0.2) is 36.5 Å². The van der Waals surface area contributed by atoms with Gasteiger partial charge in [0.05, 0.1) is 11.6 Å². The van der Waals surface area contributed by atoms with E-state index in [1.165, 1.54) is 17.0 Å². The molecule has 0 aliphatic carbocycles. The number of hydrogen-bond donors (Lipinski definition) is 1. The number of rotatable bonds is 3. The number of nitrogens with one attached hydrogen (secondary N) is 1. The molecule has 1 aromatic heterocycles. The van der Waals surface area contributed by atoms with Crippen molar-refractivity contribution in [3.8, 4) is 5.75 Å². The standard InChI is InChI=1S/C19H22FN3O2/c1-19(2)10-15(14-7-6-13(20)9-16(14)25-19)22-17-8-5-12(11-21-17)18(24)23(3)4/h5-9,11,15H,10H2,1-4H3,(H,21,22). The van der Waals surface area contributed by atoms with Gasteiger partial charge < -0.3 is 15.0 Å². The molecule has 3 rings (SSSR count). The first-order chi connectivity index (χ1) is 11.7. The quantitative estimate of drug-likeness (QED) is 0.924. The number of aromatic nitrogens is 1. The highest BCUT2D eigenvalue weighted by Gasteiger charge is 2.34. The largest absolute Gasteiger partial charge is 0.487 e. The first kappa shape index (κ1) is 17.2. The number of hydrogen-bond acceptors (Lipinski definition) is 4. The van der Waals surface area contributed by atoms with E-state index in [-0.39, 0.29) is 17.8 Å². The number of benzene rings is 1. The number of carbonyl (C=O) groups is 1. The van der Waals surface area contributed by atoms with Gasteiger partial charge in [0.1, 0.15) is 23.0 Å². The number of carbonyl (C=O) groups excluding carboxylic acids is 1. The van der Waals surface area contributed by atoms with E-state index < -0.39 is 5.60 Å². The molecule has 2 aromatic rings. The molecule has 2 heterocycles. The summed E-state index contributed by atoms with van der Waals surface area (Å²) in [4.78, 5) is 17.8. The molecule has 1 N–H and O–H groups in total. The van der Waals surface area contributed by atoms with Gasteiger partial charge in [0, 0.05) is 38.3 Å². The first-order valence-electron chi connectivity index (χ1n) is 8.18. The Morgan fingerprint density at radius 1 is 1.32 bits per heavy atom. The average molecular weight is 343 g/mol. The molecule has 25 heavy (non-hydrogen) atoms. The zero-order chi connectivity index (χ0) is 18.2. The monoisotopic (exact) mass is 343 g/mol. The lowest BCUT2D eigenvalue weighted by molar-refractivity contribution is 0.0753. The van der Waals surface area contributed by atoms with Gasteiger partial charge in [-0.3, -0.25) is 4.79 Å². The number of pyridine rings is 1. The minimum absolute atomic E-state index is 0.0535. The third-order valence-electron chi connectivity index (χ3n) is 4.17. The number of halogens is 1. The summed E-state index contributed by atoms with van der Waals surface area (Å²) in [5.41, 5.74) is 1.01. The molecule has 132 valence electrons. The molecule has 1 unspecified atom stereocenters. The molecule has 1 aliphatic heterocycles. The highest BCUT2D eigenvalue weighted by molar-refractivity contribution is 5.93. The van der Waals surface area contributed by atoms with E-state index in [2.05, 4.69) is 10.3 Å². The van der Waals surface area contributed by atoms with Crippen LogP contribution < -0.4 is 10.1 Å². The van der Waals surface area contributed by atoms with E-state index in [9.17, 15) is 9.18 Å². The maximum absolute atomic E-state index is 13.5. The fourth-order valence-electron chi connectivity index (χ4n) is 3.00. The third-order valence-corrected chi connectivity index (χ3v) is 4.17. The number of ether oxygens (including phenoxy) is 1. The summed E-state index contributed by atoms with van der Waals surface area (Å²) in [6, 6.07) is 8.05. The van der Waals surface area contributed by atoms with Gasteiger partial charge in [-0.25, -0.2) is 9.37 Å².